The number of thiol groups is 1. The van der Waals surface area contributed by atoms with Gasteiger partial charge in [0, 0.05) is 13.7 Å². The summed E-state index contributed by atoms with van der Waals surface area (Å²) < 4.78 is 12.1. The van der Waals surface area contributed by atoms with Crippen LogP contribution in [0.1, 0.15) is 25.7 Å². The molecule has 17 heavy (non-hydrogen) atoms. The Labute approximate surface area is 111 Å². The minimum Gasteiger partial charge on any atom is -0.359 e. The summed E-state index contributed by atoms with van der Waals surface area (Å²) in [5, 5.41) is 10.0. The molecule has 0 spiro atoms. The van der Waals surface area contributed by atoms with E-state index in [1.165, 1.54) is 12.1 Å². The lowest BCUT2D eigenvalue weighted by molar-refractivity contribution is -0.0897. The lowest BCUT2D eigenvalue weighted by Gasteiger charge is -2.30. The van der Waals surface area contributed by atoms with Gasteiger partial charge in [0.05, 0.1) is 6.10 Å². The Morgan fingerprint density at radius 2 is 2.29 bits per heavy atom. The summed E-state index contributed by atoms with van der Waals surface area (Å²) in [6.45, 7) is 1.11. The van der Waals surface area contributed by atoms with Crippen LogP contribution in [-0.4, -0.2) is 51.2 Å². The van der Waals surface area contributed by atoms with Gasteiger partial charge in [-0.05, 0) is 37.1 Å². The van der Waals surface area contributed by atoms with Crippen molar-refractivity contribution in [3.8, 4) is 0 Å². The Morgan fingerprint density at radius 1 is 1.47 bits per heavy atom. The molecule has 0 amide bonds. The van der Waals surface area contributed by atoms with Crippen LogP contribution in [-0.2, 0) is 9.47 Å². The summed E-state index contributed by atoms with van der Waals surface area (Å²) in [4.78, 5) is 0. The van der Waals surface area contributed by atoms with E-state index < -0.39 is 8.96 Å². The van der Waals surface area contributed by atoms with Crippen LogP contribution >= 0.6 is 12.6 Å². The first-order valence-electron chi connectivity index (χ1n) is 6.44. The summed E-state index contributed by atoms with van der Waals surface area (Å²) in [6, 6.07) is 2.35. The normalized spacial score (nSPS) is 27.7. The van der Waals surface area contributed by atoms with E-state index in [2.05, 4.69) is 12.6 Å². The van der Waals surface area contributed by atoms with E-state index >= 15 is 0 Å². The van der Waals surface area contributed by atoms with E-state index in [1.54, 1.807) is 11.8 Å². The van der Waals surface area contributed by atoms with Crippen molar-refractivity contribution in [2.24, 2.45) is 0 Å². The Hall–Kier alpha value is 0.407. The molecule has 0 aliphatic carbocycles. The fourth-order valence-electron chi connectivity index (χ4n) is 2.28. The molecule has 0 aromatic heterocycles. The summed E-state index contributed by atoms with van der Waals surface area (Å²) in [7, 11) is 0.527. The zero-order valence-electron chi connectivity index (χ0n) is 10.7. The van der Waals surface area contributed by atoms with E-state index in [1.807, 2.05) is 0 Å². The minimum atomic E-state index is -1.11. The van der Waals surface area contributed by atoms with Gasteiger partial charge in [-0.15, -0.1) is 0 Å². The van der Waals surface area contributed by atoms with Crippen molar-refractivity contribution in [2.75, 3.05) is 26.2 Å². The number of methoxy groups -OCH3 is 1. The number of hydrogen-bond donors (Lipinski definition) is 2. The molecular formula is C11H25NO3SSi. The molecule has 1 N–H and O–H groups in total. The van der Waals surface area contributed by atoms with Crippen LogP contribution in [0.5, 0.6) is 0 Å². The van der Waals surface area contributed by atoms with Gasteiger partial charge >= 0.3 is 0 Å². The molecule has 102 valence electrons. The van der Waals surface area contributed by atoms with Gasteiger partial charge in [-0.2, -0.15) is 12.6 Å². The Kier molecular flexibility index (Phi) is 8.51. The van der Waals surface area contributed by atoms with Crippen LogP contribution in [0.4, 0.5) is 0 Å². The highest BCUT2D eigenvalue weighted by Crippen LogP contribution is 2.19. The van der Waals surface area contributed by atoms with Gasteiger partial charge in [0.1, 0.15) is 15.8 Å². The number of hydrogen-bond acceptors (Lipinski definition) is 5. The van der Waals surface area contributed by atoms with Crippen molar-refractivity contribution in [3.05, 3.63) is 0 Å². The SMILES string of the molecule is COCOC1CCC[SiH](CCCS)N(O)CC1. The average Bonchev–Trinajstić information content (AvgIpc) is 2.33. The molecule has 1 heterocycles. The van der Waals surface area contributed by atoms with Crippen LogP contribution in [0.15, 0.2) is 0 Å². The molecule has 4 nitrogen and oxygen atoms in total. The lowest BCUT2D eigenvalue weighted by atomic mass is 10.1. The molecule has 0 aromatic carbocycles. The second-order valence-corrected chi connectivity index (χ2v) is 8.10. The van der Waals surface area contributed by atoms with E-state index in [-0.39, 0.29) is 6.10 Å². The first-order valence-corrected chi connectivity index (χ1v) is 9.23. The van der Waals surface area contributed by atoms with Crippen LogP contribution < -0.4 is 0 Å². The molecule has 1 aliphatic heterocycles. The molecule has 1 saturated heterocycles. The number of ether oxygens (including phenoxy) is 2. The molecule has 2 unspecified atom stereocenters. The highest BCUT2D eigenvalue weighted by atomic mass is 32.1. The van der Waals surface area contributed by atoms with Crippen molar-refractivity contribution in [1.29, 1.82) is 0 Å². The first-order chi connectivity index (χ1) is 8.27. The Morgan fingerprint density at radius 3 is 3.00 bits per heavy atom. The van der Waals surface area contributed by atoms with Gasteiger partial charge < -0.3 is 14.7 Å². The predicted octanol–water partition coefficient (Wildman–Crippen LogP) is 1.89. The summed E-state index contributed by atoms with van der Waals surface area (Å²) in [5.74, 6) is 0.927. The molecule has 0 aromatic rings. The Bertz CT molecular complexity index is 200. The number of rotatable bonds is 6. The van der Waals surface area contributed by atoms with Crippen LogP contribution in [0.3, 0.4) is 0 Å². The average molecular weight is 279 g/mol. The van der Waals surface area contributed by atoms with Gasteiger partial charge in [-0.25, -0.2) is 4.73 Å². The van der Waals surface area contributed by atoms with Crippen LogP contribution in [0.2, 0.25) is 12.1 Å². The van der Waals surface area contributed by atoms with Crippen LogP contribution in [0, 0.1) is 0 Å². The van der Waals surface area contributed by atoms with Crippen molar-refractivity contribution in [2.45, 2.75) is 43.9 Å². The van der Waals surface area contributed by atoms with Gasteiger partial charge in [-0.3, -0.25) is 0 Å². The molecule has 0 saturated carbocycles. The second kappa shape index (κ2) is 9.35. The third-order valence-electron chi connectivity index (χ3n) is 3.28. The van der Waals surface area contributed by atoms with E-state index in [0.717, 1.165) is 38.0 Å². The maximum atomic E-state index is 10.0. The number of nitrogens with zero attached hydrogens (tertiary/aromatic N) is 1. The maximum Gasteiger partial charge on any atom is 0.146 e. The van der Waals surface area contributed by atoms with E-state index in [9.17, 15) is 5.21 Å². The van der Waals surface area contributed by atoms with Gasteiger partial charge in [0.25, 0.3) is 0 Å². The second-order valence-electron chi connectivity index (χ2n) is 4.60. The summed E-state index contributed by atoms with van der Waals surface area (Å²) >= 11 is 4.24. The van der Waals surface area contributed by atoms with Gasteiger partial charge in [0.15, 0.2) is 0 Å². The predicted molar refractivity (Wildman–Crippen MR) is 74.3 cm³/mol. The monoisotopic (exact) mass is 279 g/mol. The van der Waals surface area contributed by atoms with Gasteiger partial charge in [0.2, 0.25) is 0 Å². The summed E-state index contributed by atoms with van der Waals surface area (Å²) in [5.41, 5.74) is 0. The van der Waals surface area contributed by atoms with Crippen molar-refractivity contribution >= 4 is 21.6 Å². The zero-order chi connectivity index (χ0) is 12.5. The molecule has 6 heteroatoms. The number of hydroxylamine groups is 1. The third-order valence-corrected chi connectivity index (χ3v) is 6.85. The molecule has 1 rings (SSSR count). The third kappa shape index (κ3) is 6.22. The molecule has 2 atom stereocenters. The largest absolute Gasteiger partial charge is 0.359 e. The van der Waals surface area contributed by atoms with E-state index in [4.69, 9.17) is 9.47 Å². The van der Waals surface area contributed by atoms with Crippen molar-refractivity contribution in [3.63, 3.8) is 0 Å². The van der Waals surface area contributed by atoms with Gasteiger partial charge in [-0.1, -0.05) is 6.42 Å². The highest BCUT2D eigenvalue weighted by molar-refractivity contribution is 7.80. The smallest absolute Gasteiger partial charge is 0.146 e. The quantitative estimate of drug-likeness (QED) is 0.443. The fourth-order valence-corrected chi connectivity index (χ4v) is 5.59. The lowest BCUT2D eigenvalue weighted by Crippen LogP contribution is -2.40. The maximum absolute atomic E-state index is 10.0. The molecule has 1 fully saturated rings. The zero-order valence-corrected chi connectivity index (χ0v) is 12.7. The molecule has 1 aliphatic rings. The topological polar surface area (TPSA) is 41.9 Å². The first kappa shape index (κ1) is 15.5. The molecule has 0 radical (unpaired) electrons. The standard InChI is InChI=1S/C11H25NO3SSi/c1-14-10-15-11-4-2-8-17(9-3-7-16)12(13)6-5-11/h11,13,16-17H,2-10H2,1H3. The minimum absolute atomic E-state index is 0.240. The summed E-state index contributed by atoms with van der Waals surface area (Å²) in [6.07, 6.45) is 4.53. The van der Waals surface area contributed by atoms with Crippen LogP contribution in [0.25, 0.3) is 0 Å². The fraction of sp³-hybridized carbons (Fsp3) is 1.00. The highest BCUT2D eigenvalue weighted by Gasteiger charge is 2.23. The molecule has 0 bridgehead atoms. The van der Waals surface area contributed by atoms with Crippen molar-refractivity contribution < 1.29 is 14.7 Å². The van der Waals surface area contributed by atoms with Crippen molar-refractivity contribution in [1.82, 2.24) is 4.73 Å². The van der Waals surface area contributed by atoms with E-state index in [0.29, 0.717) is 6.79 Å². The Balaban J connectivity index is 2.30. The molecular weight excluding hydrogens is 254 g/mol.